The zero-order valence-electron chi connectivity index (χ0n) is 12.1. The average molecular weight is 318 g/mol. The highest BCUT2D eigenvalue weighted by atomic mass is 32.2. The smallest absolute Gasteiger partial charge is 0.341 e. The zero-order chi connectivity index (χ0) is 15.7. The summed E-state index contributed by atoms with van der Waals surface area (Å²) < 4.78 is 47.7. The molecule has 1 heterocycles. The molecule has 0 amide bonds. The first-order valence-corrected chi connectivity index (χ1v) is 8.35. The number of sulfone groups is 1. The fraction of sp³-hybridized carbons (Fsp3) is 0.571. The summed E-state index contributed by atoms with van der Waals surface area (Å²) in [4.78, 5) is 1.81. The van der Waals surface area contributed by atoms with Gasteiger partial charge in [0.25, 0.3) is 0 Å². The predicted molar refractivity (Wildman–Crippen MR) is 78.5 cm³/mol. The van der Waals surface area contributed by atoms with Crippen molar-refractivity contribution in [2.45, 2.75) is 24.0 Å². The Labute approximate surface area is 124 Å². The van der Waals surface area contributed by atoms with Crippen molar-refractivity contribution in [2.24, 2.45) is 5.41 Å². The molecule has 2 rings (SSSR count). The van der Waals surface area contributed by atoms with Gasteiger partial charge in [-0.25, -0.2) is 8.42 Å². The van der Waals surface area contributed by atoms with Gasteiger partial charge in [0.05, 0.1) is 4.90 Å². The number of benzene rings is 1. The van der Waals surface area contributed by atoms with Crippen molar-refractivity contribution in [3.63, 3.8) is 0 Å². The number of halogens is 2. The summed E-state index contributed by atoms with van der Waals surface area (Å²) in [6, 6.07) is 5.70. The van der Waals surface area contributed by atoms with Crippen LogP contribution in [0.1, 0.15) is 13.3 Å². The maximum absolute atomic E-state index is 12.5. The van der Waals surface area contributed by atoms with E-state index in [2.05, 4.69) is 17.1 Å². The lowest BCUT2D eigenvalue weighted by molar-refractivity contribution is 0.234. The number of rotatable bonds is 5. The van der Waals surface area contributed by atoms with E-state index in [1.54, 1.807) is 12.1 Å². The Balaban J connectivity index is 2.14. The van der Waals surface area contributed by atoms with Crippen LogP contribution in [0.5, 0.6) is 0 Å². The van der Waals surface area contributed by atoms with Gasteiger partial charge in [-0.2, -0.15) is 8.78 Å². The molecule has 1 saturated heterocycles. The third-order valence-electron chi connectivity index (χ3n) is 3.93. The minimum Gasteiger partial charge on any atom is -0.371 e. The quantitative estimate of drug-likeness (QED) is 0.903. The van der Waals surface area contributed by atoms with Crippen molar-refractivity contribution in [2.75, 3.05) is 31.6 Å². The van der Waals surface area contributed by atoms with Gasteiger partial charge in [0.15, 0.2) is 0 Å². The topological polar surface area (TPSA) is 49.4 Å². The van der Waals surface area contributed by atoms with Crippen molar-refractivity contribution in [1.82, 2.24) is 5.32 Å². The van der Waals surface area contributed by atoms with Gasteiger partial charge in [-0.1, -0.05) is 6.92 Å². The van der Waals surface area contributed by atoms with Gasteiger partial charge in [0.1, 0.15) is 0 Å². The number of anilines is 1. The molecule has 1 aliphatic rings. The van der Waals surface area contributed by atoms with Crippen LogP contribution in [0.15, 0.2) is 29.2 Å². The Morgan fingerprint density at radius 3 is 2.48 bits per heavy atom. The number of nitrogens with zero attached hydrogens (tertiary/aromatic N) is 1. The van der Waals surface area contributed by atoms with Crippen LogP contribution in [0.4, 0.5) is 14.5 Å². The van der Waals surface area contributed by atoms with Gasteiger partial charge in [-0.15, -0.1) is 0 Å². The standard InChI is InChI=1S/C14H20F2N2O2S/c1-14(9-17-2)7-8-18(10-14)11-3-5-12(6-4-11)21(19,20)13(15)16/h3-6,13,17H,7-10H2,1-2H3. The number of nitrogens with one attached hydrogen (secondary N) is 1. The van der Waals surface area contributed by atoms with Crippen molar-refractivity contribution < 1.29 is 17.2 Å². The van der Waals surface area contributed by atoms with Gasteiger partial charge in [-0.3, -0.25) is 0 Å². The Morgan fingerprint density at radius 1 is 1.33 bits per heavy atom. The van der Waals surface area contributed by atoms with Gasteiger partial charge >= 0.3 is 5.76 Å². The predicted octanol–water partition coefficient (Wildman–Crippen LogP) is 2.12. The van der Waals surface area contributed by atoms with E-state index < -0.39 is 15.6 Å². The van der Waals surface area contributed by atoms with E-state index in [1.165, 1.54) is 12.1 Å². The number of hydrogen-bond acceptors (Lipinski definition) is 4. The lowest BCUT2D eigenvalue weighted by Crippen LogP contribution is -2.33. The SMILES string of the molecule is CNCC1(C)CCN(c2ccc(S(=O)(=O)C(F)F)cc2)C1. The second-order valence-corrected chi connectivity index (χ2v) is 7.73. The molecule has 7 heteroatoms. The van der Waals surface area contributed by atoms with Gasteiger partial charge < -0.3 is 10.2 Å². The second kappa shape index (κ2) is 5.88. The van der Waals surface area contributed by atoms with Crippen molar-refractivity contribution in [1.29, 1.82) is 0 Å². The fourth-order valence-corrected chi connectivity index (χ4v) is 3.49. The molecule has 1 aromatic rings. The first-order chi connectivity index (χ1) is 9.78. The van der Waals surface area contributed by atoms with Gasteiger partial charge in [-0.05, 0) is 43.1 Å². The molecule has 0 radical (unpaired) electrons. The molecule has 0 aliphatic carbocycles. The Hall–Kier alpha value is -1.21. The normalized spacial score (nSPS) is 23.0. The van der Waals surface area contributed by atoms with E-state index in [0.29, 0.717) is 0 Å². The zero-order valence-corrected chi connectivity index (χ0v) is 13.0. The Morgan fingerprint density at radius 2 is 1.95 bits per heavy atom. The molecule has 1 fully saturated rings. The van der Waals surface area contributed by atoms with Crippen LogP contribution >= 0.6 is 0 Å². The summed E-state index contributed by atoms with van der Waals surface area (Å²) >= 11 is 0. The van der Waals surface area contributed by atoms with E-state index in [9.17, 15) is 17.2 Å². The van der Waals surface area contributed by atoms with E-state index in [0.717, 1.165) is 31.7 Å². The first kappa shape index (κ1) is 16.2. The Kier molecular flexibility index (Phi) is 4.53. The molecule has 1 aliphatic heterocycles. The molecule has 1 atom stereocenters. The maximum Gasteiger partial charge on any atom is 0.341 e. The molecule has 4 nitrogen and oxygen atoms in total. The second-order valence-electron chi connectivity index (χ2n) is 5.81. The number of hydrogen-bond donors (Lipinski definition) is 1. The Bertz CT molecular complexity index is 589. The molecule has 0 spiro atoms. The summed E-state index contributed by atoms with van der Waals surface area (Å²) in [5.41, 5.74) is 1.03. The van der Waals surface area contributed by atoms with Gasteiger partial charge in [0, 0.05) is 25.3 Å². The number of alkyl halides is 2. The van der Waals surface area contributed by atoms with Crippen LogP contribution < -0.4 is 10.2 Å². The van der Waals surface area contributed by atoms with Crippen molar-refractivity contribution in [3.05, 3.63) is 24.3 Å². The molecular weight excluding hydrogens is 298 g/mol. The molecule has 1 unspecified atom stereocenters. The molecule has 0 aromatic heterocycles. The van der Waals surface area contributed by atoms with Crippen molar-refractivity contribution in [3.8, 4) is 0 Å². The molecule has 1 aromatic carbocycles. The highest BCUT2D eigenvalue weighted by Crippen LogP contribution is 2.33. The molecular formula is C14H20F2N2O2S. The van der Waals surface area contributed by atoms with E-state index in [4.69, 9.17) is 0 Å². The monoisotopic (exact) mass is 318 g/mol. The largest absolute Gasteiger partial charge is 0.371 e. The maximum atomic E-state index is 12.5. The summed E-state index contributed by atoms with van der Waals surface area (Å²) in [5, 5.41) is 3.17. The summed E-state index contributed by atoms with van der Waals surface area (Å²) in [7, 11) is -2.60. The third-order valence-corrected chi connectivity index (χ3v) is 5.32. The highest BCUT2D eigenvalue weighted by Gasteiger charge is 2.33. The van der Waals surface area contributed by atoms with E-state index in [-0.39, 0.29) is 10.3 Å². The first-order valence-electron chi connectivity index (χ1n) is 6.80. The van der Waals surface area contributed by atoms with E-state index in [1.807, 2.05) is 7.05 Å². The molecule has 118 valence electrons. The summed E-state index contributed by atoms with van der Waals surface area (Å²) in [5.74, 6) is -3.38. The van der Waals surface area contributed by atoms with E-state index >= 15 is 0 Å². The van der Waals surface area contributed by atoms with Crippen LogP contribution in [0.2, 0.25) is 0 Å². The van der Waals surface area contributed by atoms with Crippen LogP contribution in [0, 0.1) is 5.41 Å². The minimum absolute atomic E-state index is 0.169. The lowest BCUT2D eigenvalue weighted by atomic mass is 9.90. The summed E-state index contributed by atoms with van der Waals surface area (Å²) in [6.07, 6.45) is 1.03. The third kappa shape index (κ3) is 3.35. The van der Waals surface area contributed by atoms with Gasteiger partial charge in [0.2, 0.25) is 9.84 Å². The minimum atomic E-state index is -4.51. The molecule has 0 saturated carbocycles. The molecule has 0 bridgehead atoms. The van der Waals surface area contributed by atoms with Crippen LogP contribution in [-0.4, -0.2) is 40.9 Å². The van der Waals surface area contributed by atoms with Crippen LogP contribution in [0.25, 0.3) is 0 Å². The lowest BCUT2D eigenvalue weighted by Gasteiger charge is -2.25. The van der Waals surface area contributed by atoms with Crippen LogP contribution in [-0.2, 0) is 9.84 Å². The van der Waals surface area contributed by atoms with Crippen LogP contribution in [0.3, 0.4) is 0 Å². The molecule has 21 heavy (non-hydrogen) atoms. The molecule has 1 N–H and O–H groups in total. The fourth-order valence-electron chi connectivity index (χ4n) is 2.76. The highest BCUT2D eigenvalue weighted by molar-refractivity contribution is 7.91. The average Bonchev–Trinajstić information content (AvgIpc) is 2.81. The summed E-state index contributed by atoms with van der Waals surface area (Å²) in [6.45, 7) is 4.83. The van der Waals surface area contributed by atoms with Crippen molar-refractivity contribution >= 4 is 15.5 Å².